The predicted octanol–water partition coefficient (Wildman–Crippen LogP) is 0.299. The lowest BCUT2D eigenvalue weighted by Crippen LogP contribution is -2.33. The lowest BCUT2D eigenvalue weighted by atomic mass is 10.3. The molecule has 0 aliphatic heterocycles. The highest BCUT2D eigenvalue weighted by molar-refractivity contribution is 5.94. The highest BCUT2D eigenvalue weighted by Crippen LogP contribution is 2.04. The van der Waals surface area contributed by atoms with Crippen molar-refractivity contribution in [2.45, 2.75) is 6.92 Å². The fraction of sp³-hybridized carbons (Fsp3) is 0.364. The maximum absolute atomic E-state index is 11.8. The Morgan fingerprint density at radius 2 is 2.18 bits per heavy atom. The smallest absolute Gasteiger partial charge is 0.325 e. The van der Waals surface area contributed by atoms with Crippen LogP contribution in [0.15, 0.2) is 18.3 Å². The highest BCUT2D eigenvalue weighted by atomic mass is 16.5. The van der Waals surface area contributed by atoms with E-state index >= 15 is 0 Å². The van der Waals surface area contributed by atoms with E-state index in [0.29, 0.717) is 12.3 Å². The Morgan fingerprint density at radius 3 is 2.71 bits per heavy atom. The van der Waals surface area contributed by atoms with Crippen molar-refractivity contribution in [1.82, 2.24) is 9.88 Å². The Bertz CT molecular complexity index is 403. The topological polar surface area (TPSA) is 85.5 Å². The maximum atomic E-state index is 11.8. The first kappa shape index (κ1) is 13.0. The molecule has 0 aliphatic carbocycles. The van der Waals surface area contributed by atoms with Crippen LogP contribution in [0, 0.1) is 0 Å². The first-order valence-corrected chi connectivity index (χ1v) is 5.17. The van der Waals surface area contributed by atoms with E-state index in [9.17, 15) is 9.59 Å². The Hall–Kier alpha value is -2.11. The van der Waals surface area contributed by atoms with E-state index in [1.54, 1.807) is 13.0 Å². The summed E-state index contributed by atoms with van der Waals surface area (Å²) in [6, 6.07) is 3.09. The summed E-state index contributed by atoms with van der Waals surface area (Å²) in [5.41, 5.74) is 6.18. The number of esters is 1. The fourth-order valence-corrected chi connectivity index (χ4v) is 1.20. The van der Waals surface area contributed by atoms with Crippen molar-refractivity contribution in [1.29, 1.82) is 0 Å². The van der Waals surface area contributed by atoms with E-state index < -0.39 is 5.97 Å². The molecule has 2 N–H and O–H groups in total. The van der Waals surface area contributed by atoms with Crippen LogP contribution in [-0.4, -0.2) is 42.0 Å². The number of nitrogens with two attached hydrogens (primary N) is 1. The standard InChI is InChI=1S/C11H15N3O3/c1-3-17-10(15)7-14(2)11(16)9-5-4-8(12)6-13-9/h4-6H,3,7,12H2,1-2H3. The van der Waals surface area contributed by atoms with Crippen LogP contribution in [0.3, 0.4) is 0 Å². The third-order valence-electron chi connectivity index (χ3n) is 2.02. The summed E-state index contributed by atoms with van der Waals surface area (Å²) in [4.78, 5) is 28.1. The molecule has 6 heteroatoms. The Morgan fingerprint density at radius 1 is 1.47 bits per heavy atom. The maximum Gasteiger partial charge on any atom is 0.325 e. The van der Waals surface area contributed by atoms with E-state index in [1.165, 1.54) is 24.2 Å². The number of aromatic nitrogens is 1. The molecule has 1 heterocycles. The van der Waals surface area contributed by atoms with Crippen molar-refractivity contribution in [3.05, 3.63) is 24.0 Å². The molecule has 17 heavy (non-hydrogen) atoms. The molecular weight excluding hydrogens is 222 g/mol. The number of nitrogens with zero attached hydrogens (tertiary/aromatic N) is 2. The molecule has 0 unspecified atom stereocenters. The first-order valence-electron chi connectivity index (χ1n) is 5.17. The van der Waals surface area contributed by atoms with Crippen LogP contribution in [0.1, 0.15) is 17.4 Å². The molecule has 1 rings (SSSR count). The van der Waals surface area contributed by atoms with Crippen LogP contribution in [-0.2, 0) is 9.53 Å². The summed E-state index contributed by atoms with van der Waals surface area (Å²) >= 11 is 0. The summed E-state index contributed by atoms with van der Waals surface area (Å²) in [5.74, 6) is -0.795. The molecule has 0 spiro atoms. The second-order valence-corrected chi connectivity index (χ2v) is 3.44. The summed E-state index contributed by atoms with van der Waals surface area (Å²) in [7, 11) is 1.51. The van der Waals surface area contributed by atoms with Crippen molar-refractivity contribution >= 4 is 17.6 Å². The number of nitrogen functional groups attached to an aromatic ring is 1. The quantitative estimate of drug-likeness (QED) is 0.761. The van der Waals surface area contributed by atoms with Crippen LogP contribution in [0.4, 0.5) is 5.69 Å². The molecule has 0 aliphatic rings. The molecule has 0 atom stereocenters. The van der Waals surface area contributed by atoms with E-state index in [2.05, 4.69) is 4.98 Å². The molecule has 1 aromatic rings. The molecule has 1 aromatic heterocycles. The molecule has 0 aromatic carbocycles. The largest absolute Gasteiger partial charge is 0.465 e. The fourth-order valence-electron chi connectivity index (χ4n) is 1.20. The lowest BCUT2D eigenvalue weighted by molar-refractivity contribution is -0.143. The van der Waals surface area contributed by atoms with Gasteiger partial charge in [0.25, 0.3) is 5.91 Å². The highest BCUT2D eigenvalue weighted by Gasteiger charge is 2.16. The van der Waals surface area contributed by atoms with E-state index in [-0.39, 0.29) is 18.1 Å². The first-order chi connectivity index (χ1) is 8.04. The third kappa shape index (κ3) is 3.75. The minimum Gasteiger partial charge on any atom is -0.465 e. The van der Waals surface area contributed by atoms with Gasteiger partial charge in [-0.25, -0.2) is 4.98 Å². The van der Waals surface area contributed by atoms with Gasteiger partial charge in [-0.15, -0.1) is 0 Å². The monoisotopic (exact) mass is 237 g/mol. The lowest BCUT2D eigenvalue weighted by Gasteiger charge is -2.15. The van der Waals surface area contributed by atoms with Crippen molar-refractivity contribution in [3.63, 3.8) is 0 Å². The van der Waals surface area contributed by atoms with Gasteiger partial charge in [-0.05, 0) is 19.1 Å². The number of ether oxygens (including phenoxy) is 1. The van der Waals surface area contributed by atoms with Crippen LogP contribution >= 0.6 is 0 Å². The zero-order valence-corrected chi connectivity index (χ0v) is 9.84. The van der Waals surface area contributed by atoms with Crippen LogP contribution in [0.25, 0.3) is 0 Å². The Balaban J connectivity index is 2.63. The summed E-state index contributed by atoms with van der Waals surface area (Å²) in [6.07, 6.45) is 1.39. The van der Waals surface area contributed by atoms with Gasteiger partial charge in [0.15, 0.2) is 0 Å². The van der Waals surface area contributed by atoms with Crippen molar-refractivity contribution < 1.29 is 14.3 Å². The molecule has 1 amide bonds. The number of carbonyl (C=O) groups excluding carboxylic acids is 2. The molecule has 92 valence electrons. The molecule has 0 saturated heterocycles. The predicted molar refractivity (Wildman–Crippen MR) is 62.2 cm³/mol. The van der Waals surface area contributed by atoms with Gasteiger partial charge in [0.05, 0.1) is 18.5 Å². The van der Waals surface area contributed by atoms with Crippen LogP contribution in [0.2, 0.25) is 0 Å². The van der Waals surface area contributed by atoms with Gasteiger partial charge in [-0.2, -0.15) is 0 Å². The zero-order chi connectivity index (χ0) is 12.8. The third-order valence-corrected chi connectivity index (χ3v) is 2.02. The summed E-state index contributed by atoms with van der Waals surface area (Å²) < 4.78 is 4.74. The van der Waals surface area contributed by atoms with Gasteiger partial charge in [-0.1, -0.05) is 0 Å². The number of rotatable bonds is 4. The van der Waals surface area contributed by atoms with E-state index in [0.717, 1.165) is 0 Å². The SMILES string of the molecule is CCOC(=O)CN(C)C(=O)c1ccc(N)cn1. The normalized spacial score (nSPS) is 9.76. The van der Waals surface area contributed by atoms with Crippen molar-refractivity contribution in [3.8, 4) is 0 Å². The zero-order valence-electron chi connectivity index (χ0n) is 9.84. The van der Waals surface area contributed by atoms with Gasteiger partial charge in [-0.3, -0.25) is 9.59 Å². The molecule has 0 fully saturated rings. The van der Waals surface area contributed by atoms with Crippen molar-refractivity contribution in [2.24, 2.45) is 0 Å². The second kappa shape index (κ2) is 5.83. The molecule has 0 radical (unpaired) electrons. The number of amides is 1. The van der Waals surface area contributed by atoms with Gasteiger partial charge in [0.2, 0.25) is 0 Å². The Kier molecular flexibility index (Phi) is 4.45. The number of anilines is 1. The molecule has 6 nitrogen and oxygen atoms in total. The van der Waals surface area contributed by atoms with Crippen molar-refractivity contribution in [2.75, 3.05) is 25.9 Å². The molecular formula is C11H15N3O3. The minimum atomic E-state index is -0.446. The van der Waals surface area contributed by atoms with E-state index in [4.69, 9.17) is 10.5 Å². The minimum absolute atomic E-state index is 0.0985. The van der Waals surface area contributed by atoms with Crippen LogP contribution in [0.5, 0.6) is 0 Å². The number of carbonyl (C=O) groups is 2. The van der Waals surface area contributed by atoms with Gasteiger partial charge >= 0.3 is 5.97 Å². The van der Waals surface area contributed by atoms with Gasteiger partial charge in [0, 0.05) is 7.05 Å². The van der Waals surface area contributed by atoms with Gasteiger partial charge in [0.1, 0.15) is 12.2 Å². The number of likely N-dealkylation sites (N-methyl/N-ethyl adjacent to an activating group) is 1. The summed E-state index contributed by atoms with van der Waals surface area (Å²) in [6.45, 7) is 1.90. The molecule has 0 bridgehead atoms. The average Bonchev–Trinajstić information content (AvgIpc) is 2.29. The Labute approximate surface area is 99.4 Å². The van der Waals surface area contributed by atoms with E-state index in [1.807, 2.05) is 0 Å². The number of hydrogen-bond acceptors (Lipinski definition) is 5. The van der Waals surface area contributed by atoms with Crippen LogP contribution < -0.4 is 5.73 Å². The molecule has 0 saturated carbocycles. The summed E-state index contributed by atoms with van der Waals surface area (Å²) in [5, 5.41) is 0. The van der Waals surface area contributed by atoms with Gasteiger partial charge < -0.3 is 15.4 Å². The average molecular weight is 237 g/mol. The number of hydrogen-bond donors (Lipinski definition) is 1. The number of pyridine rings is 1. The second-order valence-electron chi connectivity index (χ2n) is 3.44.